The third-order valence-corrected chi connectivity index (χ3v) is 6.99. The van der Waals surface area contributed by atoms with Gasteiger partial charge in [-0.05, 0) is 36.1 Å². The molecular formula is C27H22NOS+. The van der Waals surface area contributed by atoms with E-state index >= 15 is 0 Å². The molecule has 0 fully saturated rings. The van der Waals surface area contributed by atoms with Gasteiger partial charge in [-0.15, -0.1) is 11.8 Å². The highest BCUT2D eigenvalue weighted by molar-refractivity contribution is 7.99. The standard InChI is InChI=1S/C27H22NOS/c1-17-12-13-21-19-8-6-9-20(22-10-5-7-18-14-16-30-27(18)22)25(19)29-26(21)24(17)23-11-3-4-15-28(23)2/h3-13,15H,14,16H2,1-2H3/q+1/i14D2. The third kappa shape index (κ3) is 2.55. The fourth-order valence-corrected chi connectivity index (χ4v) is 5.50. The second kappa shape index (κ2) is 6.75. The fourth-order valence-electron chi connectivity index (χ4n) is 4.50. The number of aromatic nitrogens is 1. The Labute approximate surface area is 183 Å². The zero-order valence-corrected chi connectivity index (χ0v) is 17.7. The van der Waals surface area contributed by atoms with Gasteiger partial charge in [-0.1, -0.05) is 48.5 Å². The SMILES string of the molecule is [2H]C1([2H])CSc2c(-c3cccc4c3oc3c(-c5cccc[n+]5C)c(C)ccc34)cccc21. The van der Waals surface area contributed by atoms with Gasteiger partial charge >= 0.3 is 0 Å². The normalized spacial score (nSPS) is 15.9. The van der Waals surface area contributed by atoms with Gasteiger partial charge in [0, 0.05) is 41.9 Å². The molecule has 0 radical (unpaired) electrons. The first kappa shape index (κ1) is 15.8. The summed E-state index contributed by atoms with van der Waals surface area (Å²) in [5.41, 5.74) is 7.98. The molecule has 0 bridgehead atoms. The number of aryl methyl sites for hydroxylation is 3. The van der Waals surface area contributed by atoms with Crippen LogP contribution in [0.5, 0.6) is 0 Å². The second-order valence-electron chi connectivity index (χ2n) is 7.76. The van der Waals surface area contributed by atoms with E-state index in [1.165, 1.54) is 5.56 Å². The first-order chi connectivity index (χ1) is 15.5. The van der Waals surface area contributed by atoms with Crippen LogP contribution in [-0.4, -0.2) is 5.75 Å². The maximum atomic E-state index is 8.37. The van der Waals surface area contributed by atoms with E-state index < -0.39 is 6.37 Å². The van der Waals surface area contributed by atoms with Crippen molar-refractivity contribution < 1.29 is 11.7 Å². The number of hydrogen-bond donors (Lipinski definition) is 0. The monoisotopic (exact) mass is 410 g/mol. The van der Waals surface area contributed by atoms with Crippen LogP contribution in [0.3, 0.4) is 0 Å². The number of benzene rings is 3. The first-order valence-corrected chi connectivity index (χ1v) is 11.1. The lowest BCUT2D eigenvalue weighted by Crippen LogP contribution is -2.30. The zero-order valence-electron chi connectivity index (χ0n) is 18.9. The predicted molar refractivity (Wildman–Crippen MR) is 125 cm³/mol. The Morgan fingerprint density at radius 1 is 0.900 bits per heavy atom. The van der Waals surface area contributed by atoms with Crippen LogP contribution < -0.4 is 4.57 Å². The summed E-state index contributed by atoms with van der Waals surface area (Å²) in [5.74, 6) is 0.448. The summed E-state index contributed by atoms with van der Waals surface area (Å²) in [6, 6.07) is 22.7. The van der Waals surface area contributed by atoms with Crippen LogP contribution in [0, 0.1) is 6.92 Å². The smallest absolute Gasteiger partial charge is 0.216 e. The van der Waals surface area contributed by atoms with Crippen molar-refractivity contribution in [3.63, 3.8) is 0 Å². The quantitative estimate of drug-likeness (QED) is 0.301. The Kier molecular flexibility index (Phi) is 3.54. The van der Waals surface area contributed by atoms with E-state index in [0.717, 1.165) is 54.8 Å². The molecule has 0 atom stereocenters. The van der Waals surface area contributed by atoms with Gasteiger partial charge in [0.15, 0.2) is 6.20 Å². The molecule has 0 amide bonds. The van der Waals surface area contributed by atoms with Gasteiger partial charge in [-0.25, -0.2) is 4.57 Å². The van der Waals surface area contributed by atoms with Crippen LogP contribution in [0.25, 0.3) is 44.3 Å². The molecule has 30 heavy (non-hydrogen) atoms. The molecule has 0 unspecified atom stereocenters. The van der Waals surface area contributed by atoms with Crippen LogP contribution in [0.1, 0.15) is 13.9 Å². The second-order valence-corrected chi connectivity index (χ2v) is 8.75. The van der Waals surface area contributed by atoms with Crippen molar-refractivity contribution in [2.75, 3.05) is 5.75 Å². The van der Waals surface area contributed by atoms with Crippen molar-refractivity contribution in [2.24, 2.45) is 7.05 Å². The summed E-state index contributed by atoms with van der Waals surface area (Å²) in [4.78, 5) is 1.02. The van der Waals surface area contributed by atoms with Crippen molar-refractivity contribution in [1.29, 1.82) is 0 Å². The average molecular weight is 411 g/mol. The molecule has 0 N–H and O–H groups in total. The van der Waals surface area contributed by atoms with Gasteiger partial charge in [0.2, 0.25) is 5.69 Å². The van der Waals surface area contributed by atoms with Crippen LogP contribution in [0.2, 0.25) is 0 Å². The van der Waals surface area contributed by atoms with E-state index in [4.69, 9.17) is 7.16 Å². The molecule has 0 spiro atoms. The minimum absolute atomic E-state index is 0.448. The Morgan fingerprint density at radius 3 is 2.63 bits per heavy atom. The van der Waals surface area contributed by atoms with Gasteiger partial charge in [0.1, 0.15) is 18.2 Å². The summed E-state index contributed by atoms with van der Waals surface area (Å²) in [5, 5.41) is 2.18. The zero-order chi connectivity index (χ0) is 22.0. The number of fused-ring (bicyclic) bond motifs is 4. The van der Waals surface area contributed by atoms with Crippen molar-refractivity contribution in [3.8, 4) is 22.4 Å². The van der Waals surface area contributed by atoms with Crippen LogP contribution >= 0.6 is 11.8 Å². The van der Waals surface area contributed by atoms with E-state index in [-0.39, 0.29) is 0 Å². The van der Waals surface area contributed by atoms with E-state index in [9.17, 15) is 0 Å². The lowest BCUT2D eigenvalue weighted by Gasteiger charge is -2.08. The Morgan fingerprint density at radius 2 is 1.73 bits per heavy atom. The molecule has 3 heterocycles. The van der Waals surface area contributed by atoms with Gasteiger partial charge in [0.25, 0.3) is 0 Å². The number of para-hydroxylation sites is 1. The molecule has 0 saturated carbocycles. The highest BCUT2D eigenvalue weighted by atomic mass is 32.2. The van der Waals surface area contributed by atoms with Gasteiger partial charge in [0.05, 0.1) is 5.56 Å². The Balaban J connectivity index is 1.67. The molecule has 146 valence electrons. The van der Waals surface area contributed by atoms with Crippen molar-refractivity contribution >= 4 is 33.7 Å². The number of pyridine rings is 1. The maximum Gasteiger partial charge on any atom is 0.216 e. The highest BCUT2D eigenvalue weighted by Gasteiger charge is 2.23. The lowest BCUT2D eigenvalue weighted by atomic mass is 9.98. The number of rotatable bonds is 2. The maximum absolute atomic E-state index is 8.37. The van der Waals surface area contributed by atoms with E-state index in [0.29, 0.717) is 5.75 Å². The summed E-state index contributed by atoms with van der Waals surface area (Å²) in [7, 11) is 2.06. The fraction of sp³-hybridized carbons (Fsp3) is 0.148. The molecule has 2 aromatic heterocycles. The molecule has 1 aliphatic rings. The number of furan rings is 1. The van der Waals surface area contributed by atoms with Gasteiger partial charge in [-0.3, -0.25) is 0 Å². The number of hydrogen-bond acceptors (Lipinski definition) is 2. The van der Waals surface area contributed by atoms with Gasteiger partial charge < -0.3 is 4.42 Å². The Bertz CT molecular complexity index is 1540. The number of thioether (sulfide) groups is 1. The minimum atomic E-state index is -1.30. The summed E-state index contributed by atoms with van der Waals surface area (Å²) in [6.45, 7) is 2.12. The predicted octanol–water partition coefficient (Wildman–Crippen LogP) is 6.70. The van der Waals surface area contributed by atoms with E-state index in [1.807, 2.05) is 18.2 Å². The first-order valence-electron chi connectivity index (χ1n) is 11.1. The highest BCUT2D eigenvalue weighted by Crippen LogP contribution is 2.44. The summed E-state index contributed by atoms with van der Waals surface area (Å²) in [6.07, 6.45) is 0.754. The molecule has 3 aromatic carbocycles. The molecule has 0 aliphatic carbocycles. The van der Waals surface area contributed by atoms with Crippen LogP contribution in [0.4, 0.5) is 0 Å². The van der Waals surface area contributed by atoms with E-state index in [2.05, 4.69) is 73.3 Å². The summed E-state index contributed by atoms with van der Waals surface area (Å²) >= 11 is 1.60. The third-order valence-electron chi connectivity index (χ3n) is 5.97. The number of nitrogens with zero attached hydrogens (tertiary/aromatic N) is 1. The largest absolute Gasteiger partial charge is 0.454 e. The topological polar surface area (TPSA) is 17.0 Å². The van der Waals surface area contributed by atoms with Crippen LogP contribution in [-0.2, 0) is 13.4 Å². The van der Waals surface area contributed by atoms with E-state index in [1.54, 1.807) is 11.8 Å². The molecule has 3 heteroatoms. The molecule has 6 rings (SSSR count). The van der Waals surface area contributed by atoms with Crippen molar-refractivity contribution in [2.45, 2.75) is 18.2 Å². The summed E-state index contributed by atoms with van der Waals surface area (Å²) < 4.78 is 25.5. The molecule has 0 saturated heterocycles. The molecule has 5 aromatic rings. The Hall–Kier alpha value is -3.04. The lowest BCUT2D eigenvalue weighted by molar-refractivity contribution is -0.660. The average Bonchev–Trinajstić information content (AvgIpc) is 3.31. The minimum Gasteiger partial charge on any atom is -0.454 e. The van der Waals surface area contributed by atoms with Crippen LogP contribution in [0.15, 0.2) is 82.2 Å². The molecule has 2 nitrogen and oxygen atoms in total. The van der Waals surface area contributed by atoms with Gasteiger partial charge in [-0.2, -0.15) is 0 Å². The molecule has 1 aliphatic heterocycles. The van der Waals surface area contributed by atoms with Crippen molar-refractivity contribution in [1.82, 2.24) is 0 Å². The molecular weight excluding hydrogens is 386 g/mol. The van der Waals surface area contributed by atoms with Crippen molar-refractivity contribution in [3.05, 3.63) is 84.1 Å².